The van der Waals surface area contributed by atoms with Crippen LogP contribution >= 0.6 is 11.3 Å². The number of rotatable bonds is 3. The number of aliphatic carboxylic acids is 1. The normalized spacial score (nSPS) is 12.9. The number of hydrogen-bond acceptors (Lipinski definition) is 3. The van der Waals surface area contributed by atoms with Crippen LogP contribution in [0.2, 0.25) is 0 Å². The smallest absolute Gasteiger partial charge is 0.337 e. The molecule has 15 heavy (non-hydrogen) atoms. The van der Waals surface area contributed by atoms with Crippen LogP contribution in [-0.2, 0) is 9.53 Å². The van der Waals surface area contributed by atoms with Crippen molar-refractivity contribution < 1.29 is 14.6 Å². The van der Waals surface area contributed by atoms with Gasteiger partial charge in [0.15, 0.2) is 6.10 Å². The number of carboxylic acid groups (broad SMARTS) is 1. The van der Waals surface area contributed by atoms with Crippen LogP contribution in [0.15, 0.2) is 29.6 Å². The molecule has 0 aliphatic rings. The first-order valence-electron chi connectivity index (χ1n) is 4.45. The Labute approximate surface area is 90.9 Å². The van der Waals surface area contributed by atoms with E-state index < -0.39 is 12.1 Å². The molecular formula is C11H10O3S. The van der Waals surface area contributed by atoms with Crippen molar-refractivity contribution in [1.82, 2.24) is 0 Å². The lowest BCUT2D eigenvalue weighted by Gasteiger charge is -2.08. The molecule has 2 rings (SSSR count). The van der Waals surface area contributed by atoms with Gasteiger partial charge in [-0.25, -0.2) is 4.79 Å². The number of methoxy groups -OCH3 is 1. The highest BCUT2D eigenvalue weighted by Crippen LogP contribution is 2.31. The molecule has 1 N–H and O–H groups in total. The maximum absolute atomic E-state index is 11.0. The number of carbonyl (C=O) groups is 1. The topological polar surface area (TPSA) is 46.5 Å². The first-order chi connectivity index (χ1) is 7.24. The third-order valence-electron chi connectivity index (χ3n) is 2.25. The summed E-state index contributed by atoms with van der Waals surface area (Å²) >= 11 is 1.53. The molecule has 0 saturated heterocycles. The van der Waals surface area contributed by atoms with Crippen LogP contribution in [0.4, 0.5) is 0 Å². The molecule has 0 spiro atoms. The molecule has 0 aliphatic heterocycles. The van der Waals surface area contributed by atoms with Gasteiger partial charge >= 0.3 is 5.97 Å². The summed E-state index contributed by atoms with van der Waals surface area (Å²) in [4.78, 5) is 11.0. The van der Waals surface area contributed by atoms with Crippen molar-refractivity contribution in [1.29, 1.82) is 0 Å². The molecule has 0 fully saturated rings. The van der Waals surface area contributed by atoms with E-state index in [-0.39, 0.29) is 0 Å². The van der Waals surface area contributed by atoms with E-state index in [2.05, 4.69) is 0 Å². The predicted molar refractivity (Wildman–Crippen MR) is 59.2 cm³/mol. The van der Waals surface area contributed by atoms with Gasteiger partial charge in [0.25, 0.3) is 0 Å². The van der Waals surface area contributed by atoms with E-state index in [1.54, 1.807) is 0 Å². The van der Waals surface area contributed by atoms with Gasteiger partial charge in [0.2, 0.25) is 0 Å². The van der Waals surface area contributed by atoms with Crippen molar-refractivity contribution in [3.8, 4) is 0 Å². The zero-order chi connectivity index (χ0) is 10.8. The summed E-state index contributed by atoms with van der Waals surface area (Å²) in [5.74, 6) is -0.957. The van der Waals surface area contributed by atoms with Gasteiger partial charge in [-0.2, -0.15) is 0 Å². The Balaban J connectivity index is 2.55. The van der Waals surface area contributed by atoms with E-state index >= 15 is 0 Å². The minimum atomic E-state index is -0.957. The number of hydrogen-bond donors (Lipinski definition) is 1. The molecule has 1 aromatic heterocycles. The average molecular weight is 222 g/mol. The van der Waals surface area contributed by atoms with Crippen molar-refractivity contribution in [3.63, 3.8) is 0 Å². The summed E-state index contributed by atoms with van der Waals surface area (Å²) in [5, 5.41) is 11.8. The van der Waals surface area contributed by atoms with Crippen molar-refractivity contribution in [2.75, 3.05) is 7.11 Å². The minimum absolute atomic E-state index is 0.727. The van der Waals surface area contributed by atoms with Crippen LogP contribution in [0, 0.1) is 0 Å². The standard InChI is InChI=1S/C11H10O3S/c1-14-10(11(12)13)8-6-15-9-5-3-2-4-7(8)9/h2-6,10H,1H3,(H,12,13). The second-order valence-electron chi connectivity index (χ2n) is 3.14. The average Bonchev–Trinajstić information content (AvgIpc) is 2.63. The summed E-state index contributed by atoms with van der Waals surface area (Å²) in [6.45, 7) is 0. The fraction of sp³-hybridized carbons (Fsp3) is 0.182. The minimum Gasteiger partial charge on any atom is -0.479 e. The van der Waals surface area contributed by atoms with Gasteiger partial charge in [-0.05, 0) is 16.8 Å². The van der Waals surface area contributed by atoms with E-state index in [4.69, 9.17) is 9.84 Å². The molecule has 0 bridgehead atoms. The molecule has 78 valence electrons. The SMILES string of the molecule is COC(C(=O)O)c1csc2ccccc12. The Morgan fingerprint density at radius 1 is 1.47 bits per heavy atom. The van der Waals surface area contributed by atoms with Crippen LogP contribution in [0.3, 0.4) is 0 Å². The van der Waals surface area contributed by atoms with Crippen LogP contribution in [0.1, 0.15) is 11.7 Å². The van der Waals surface area contributed by atoms with Crippen molar-refractivity contribution in [3.05, 3.63) is 35.2 Å². The molecule has 1 aromatic carbocycles. The zero-order valence-electron chi connectivity index (χ0n) is 8.14. The van der Waals surface area contributed by atoms with Gasteiger partial charge in [0, 0.05) is 17.4 Å². The van der Waals surface area contributed by atoms with E-state index in [9.17, 15) is 4.79 Å². The lowest BCUT2D eigenvalue weighted by molar-refractivity contribution is -0.148. The van der Waals surface area contributed by atoms with E-state index in [0.717, 1.165) is 15.6 Å². The Bertz CT molecular complexity index is 489. The van der Waals surface area contributed by atoms with E-state index in [1.807, 2.05) is 29.6 Å². The first-order valence-corrected chi connectivity index (χ1v) is 5.33. The summed E-state index contributed by atoms with van der Waals surface area (Å²) in [7, 11) is 1.41. The Hall–Kier alpha value is -1.39. The van der Waals surface area contributed by atoms with Gasteiger partial charge in [0.05, 0.1) is 0 Å². The monoisotopic (exact) mass is 222 g/mol. The molecule has 0 amide bonds. The fourth-order valence-electron chi connectivity index (χ4n) is 1.56. The summed E-state index contributed by atoms with van der Waals surface area (Å²) in [6.07, 6.45) is -0.874. The van der Waals surface area contributed by atoms with Crippen molar-refractivity contribution in [2.24, 2.45) is 0 Å². The lowest BCUT2D eigenvalue weighted by Crippen LogP contribution is -2.12. The Morgan fingerprint density at radius 3 is 2.87 bits per heavy atom. The third-order valence-corrected chi connectivity index (χ3v) is 3.24. The van der Waals surface area contributed by atoms with E-state index in [1.165, 1.54) is 18.4 Å². The quantitative estimate of drug-likeness (QED) is 0.868. The highest BCUT2D eigenvalue weighted by Gasteiger charge is 2.21. The second kappa shape index (κ2) is 4.00. The number of ether oxygens (including phenoxy) is 1. The van der Waals surface area contributed by atoms with Gasteiger partial charge in [-0.15, -0.1) is 11.3 Å². The van der Waals surface area contributed by atoms with Crippen LogP contribution in [-0.4, -0.2) is 18.2 Å². The molecule has 3 nitrogen and oxygen atoms in total. The van der Waals surface area contributed by atoms with Gasteiger partial charge < -0.3 is 9.84 Å². The molecule has 0 radical (unpaired) electrons. The second-order valence-corrected chi connectivity index (χ2v) is 4.05. The predicted octanol–water partition coefficient (Wildman–Crippen LogP) is 2.67. The van der Waals surface area contributed by atoms with Crippen molar-refractivity contribution >= 4 is 27.4 Å². The Morgan fingerprint density at radius 2 is 2.20 bits per heavy atom. The summed E-state index contributed by atoms with van der Waals surface area (Å²) < 4.78 is 6.05. The molecule has 1 unspecified atom stereocenters. The summed E-state index contributed by atoms with van der Waals surface area (Å²) in [5.41, 5.74) is 0.727. The number of carboxylic acids is 1. The largest absolute Gasteiger partial charge is 0.479 e. The summed E-state index contributed by atoms with van der Waals surface area (Å²) in [6, 6.07) is 7.71. The van der Waals surface area contributed by atoms with Crippen LogP contribution in [0.25, 0.3) is 10.1 Å². The van der Waals surface area contributed by atoms with Gasteiger partial charge in [0.1, 0.15) is 0 Å². The molecule has 2 aromatic rings. The number of benzene rings is 1. The molecule has 0 aliphatic carbocycles. The van der Waals surface area contributed by atoms with Crippen molar-refractivity contribution in [2.45, 2.75) is 6.10 Å². The maximum Gasteiger partial charge on any atom is 0.337 e. The van der Waals surface area contributed by atoms with Gasteiger partial charge in [-0.1, -0.05) is 18.2 Å². The Kier molecular flexibility index (Phi) is 2.70. The highest BCUT2D eigenvalue weighted by molar-refractivity contribution is 7.17. The molecule has 1 heterocycles. The molecule has 0 saturated carbocycles. The maximum atomic E-state index is 11.0. The zero-order valence-corrected chi connectivity index (χ0v) is 8.95. The highest BCUT2D eigenvalue weighted by atomic mass is 32.1. The van der Waals surface area contributed by atoms with Crippen LogP contribution < -0.4 is 0 Å². The molecular weight excluding hydrogens is 212 g/mol. The van der Waals surface area contributed by atoms with Gasteiger partial charge in [-0.3, -0.25) is 0 Å². The number of fused-ring (bicyclic) bond motifs is 1. The third kappa shape index (κ3) is 1.73. The number of thiophene rings is 1. The molecule has 4 heteroatoms. The fourth-order valence-corrected chi connectivity index (χ4v) is 2.54. The van der Waals surface area contributed by atoms with Crippen LogP contribution in [0.5, 0.6) is 0 Å². The molecule has 1 atom stereocenters. The lowest BCUT2D eigenvalue weighted by atomic mass is 10.1. The van der Waals surface area contributed by atoms with E-state index in [0.29, 0.717) is 0 Å². The first kappa shape index (κ1) is 10.1.